The van der Waals surface area contributed by atoms with E-state index in [1.165, 1.54) is 0 Å². The van der Waals surface area contributed by atoms with Crippen LogP contribution in [0.25, 0.3) is 0 Å². The number of H-pyrrole nitrogens is 1. The van der Waals surface area contributed by atoms with Crippen LogP contribution < -0.4 is 10.1 Å². The Hall–Kier alpha value is -2.30. The molecular weight excluding hydrogens is 242 g/mol. The molecule has 0 saturated carbocycles. The van der Waals surface area contributed by atoms with Crippen LogP contribution in [0.1, 0.15) is 21.9 Å². The third-order valence-corrected chi connectivity index (χ3v) is 3.13. The minimum Gasteiger partial charge on any atom is -0.491 e. The highest BCUT2D eigenvalue weighted by atomic mass is 16.5. The summed E-state index contributed by atoms with van der Waals surface area (Å²) >= 11 is 0. The van der Waals surface area contributed by atoms with E-state index >= 15 is 0 Å². The minimum absolute atomic E-state index is 0.0205. The van der Waals surface area contributed by atoms with Crippen LogP contribution in [0.4, 0.5) is 0 Å². The number of nitrogens with zero attached hydrogens (tertiary/aromatic N) is 1. The monoisotopic (exact) mass is 257 g/mol. The van der Waals surface area contributed by atoms with Crippen LogP contribution in [0, 0.1) is 6.92 Å². The van der Waals surface area contributed by atoms with Crippen LogP contribution in [-0.4, -0.2) is 28.5 Å². The summed E-state index contributed by atoms with van der Waals surface area (Å²) in [6, 6.07) is 7.87. The van der Waals surface area contributed by atoms with E-state index in [4.69, 9.17) is 4.74 Å². The highest BCUT2D eigenvalue weighted by molar-refractivity contribution is 5.90. The summed E-state index contributed by atoms with van der Waals surface area (Å²) in [5.41, 5.74) is 1.99. The number of aryl methyl sites for hydroxylation is 1. The van der Waals surface area contributed by atoms with E-state index in [2.05, 4.69) is 15.3 Å². The summed E-state index contributed by atoms with van der Waals surface area (Å²) in [5, 5.41) is 2.93. The van der Waals surface area contributed by atoms with Crippen molar-refractivity contribution in [2.45, 2.75) is 19.4 Å². The van der Waals surface area contributed by atoms with Gasteiger partial charge in [0.05, 0.1) is 6.04 Å². The van der Waals surface area contributed by atoms with Gasteiger partial charge in [-0.1, -0.05) is 18.2 Å². The number of rotatable bonds is 2. The molecule has 98 valence electrons. The van der Waals surface area contributed by atoms with Gasteiger partial charge in [0.25, 0.3) is 5.91 Å². The number of imidazole rings is 1. The molecule has 0 saturated heterocycles. The number of nitrogens with one attached hydrogen (secondary N) is 2. The number of benzene rings is 1. The van der Waals surface area contributed by atoms with Crippen LogP contribution in [-0.2, 0) is 6.42 Å². The fourth-order valence-electron chi connectivity index (χ4n) is 2.20. The predicted molar refractivity (Wildman–Crippen MR) is 70.2 cm³/mol. The highest BCUT2D eigenvalue weighted by Gasteiger charge is 2.22. The van der Waals surface area contributed by atoms with Crippen molar-refractivity contribution >= 4 is 5.91 Å². The van der Waals surface area contributed by atoms with Crippen molar-refractivity contribution in [3.8, 4) is 5.75 Å². The van der Waals surface area contributed by atoms with Gasteiger partial charge in [0.15, 0.2) is 5.82 Å². The molecule has 1 amide bonds. The fourth-order valence-corrected chi connectivity index (χ4v) is 2.20. The maximum absolute atomic E-state index is 12.0. The molecule has 0 fully saturated rings. The average molecular weight is 257 g/mol. The SMILES string of the molecule is Cc1cnc(C(=O)NC2COc3ccccc3C2)[nH]1. The lowest BCUT2D eigenvalue weighted by Gasteiger charge is -2.25. The second-order valence-electron chi connectivity index (χ2n) is 4.71. The van der Waals surface area contributed by atoms with E-state index in [0.717, 1.165) is 23.4 Å². The minimum atomic E-state index is -0.193. The first-order valence-corrected chi connectivity index (χ1v) is 6.25. The zero-order chi connectivity index (χ0) is 13.2. The molecule has 2 N–H and O–H groups in total. The molecule has 19 heavy (non-hydrogen) atoms. The maximum Gasteiger partial charge on any atom is 0.287 e. The number of amides is 1. The van der Waals surface area contributed by atoms with Gasteiger partial charge in [-0.3, -0.25) is 4.79 Å². The molecule has 3 rings (SSSR count). The Bertz CT molecular complexity index is 606. The van der Waals surface area contributed by atoms with Gasteiger partial charge in [0, 0.05) is 11.9 Å². The first kappa shape index (κ1) is 11.8. The number of hydrogen-bond donors (Lipinski definition) is 2. The summed E-state index contributed by atoms with van der Waals surface area (Å²) in [7, 11) is 0. The Kier molecular flexibility index (Phi) is 2.95. The molecule has 1 aliphatic heterocycles. The Morgan fingerprint density at radius 3 is 3.11 bits per heavy atom. The van der Waals surface area contributed by atoms with Crippen molar-refractivity contribution in [3.05, 3.63) is 47.5 Å². The van der Waals surface area contributed by atoms with Gasteiger partial charge in [-0.05, 0) is 25.0 Å². The van der Waals surface area contributed by atoms with E-state index in [0.29, 0.717) is 12.4 Å². The molecule has 1 atom stereocenters. The van der Waals surface area contributed by atoms with Crippen LogP contribution in [0.15, 0.2) is 30.5 Å². The molecule has 1 unspecified atom stereocenters. The van der Waals surface area contributed by atoms with E-state index in [-0.39, 0.29) is 11.9 Å². The molecule has 2 heterocycles. The second kappa shape index (κ2) is 4.76. The number of hydrogen-bond acceptors (Lipinski definition) is 3. The molecule has 1 aromatic heterocycles. The van der Waals surface area contributed by atoms with Crippen molar-refractivity contribution in [1.82, 2.24) is 15.3 Å². The van der Waals surface area contributed by atoms with Crippen molar-refractivity contribution in [2.75, 3.05) is 6.61 Å². The Morgan fingerprint density at radius 2 is 2.32 bits per heavy atom. The van der Waals surface area contributed by atoms with Crippen molar-refractivity contribution in [2.24, 2.45) is 0 Å². The normalized spacial score (nSPS) is 17.4. The molecule has 0 bridgehead atoms. The number of aromatic amines is 1. The van der Waals surface area contributed by atoms with Crippen molar-refractivity contribution in [1.29, 1.82) is 0 Å². The number of ether oxygens (including phenoxy) is 1. The summed E-state index contributed by atoms with van der Waals surface area (Å²) in [5.74, 6) is 1.05. The third-order valence-electron chi connectivity index (χ3n) is 3.13. The van der Waals surface area contributed by atoms with E-state index in [1.54, 1.807) is 6.20 Å². The van der Waals surface area contributed by atoms with Crippen LogP contribution >= 0.6 is 0 Å². The number of fused-ring (bicyclic) bond motifs is 1. The lowest BCUT2D eigenvalue weighted by Crippen LogP contribution is -2.43. The molecule has 1 aromatic carbocycles. The lowest BCUT2D eigenvalue weighted by molar-refractivity contribution is 0.0905. The van der Waals surface area contributed by atoms with Gasteiger partial charge in [-0.15, -0.1) is 0 Å². The largest absolute Gasteiger partial charge is 0.491 e. The molecule has 5 heteroatoms. The van der Waals surface area contributed by atoms with Crippen molar-refractivity contribution in [3.63, 3.8) is 0 Å². The summed E-state index contributed by atoms with van der Waals surface area (Å²) in [4.78, 5) is 18.9. The highest BCUT2D eigenvalue weighted by Crippen LogP contribution is 2.23. The summed E-state index contributed by atoms with van der Waals surface area (Å²) in [6.45, 7) is 2.35. The van der Waals surface area contributed by atoms with Crippen molar-refractivity contribution < 1.29 is 9.53 Å². The van der Waals surface area contributed by atoms with Gasteiger partial charge in [-0.2, -0.15) is 0 Å². The molecular formula is C14H15N3O2. The Labute approximate surface area is 111 Å². The number of carbonyl (C=O) groups excluding carboxylic acids is 1. The van der Waals surface area contributed by atoms with Gasteiger partial charge >= 0.3 is 0 Å². The molecule has 2 aromatic rings. The van der Waals surface area contributed by atoms with E-state index in [1.807, 2.05) is 31.2 Å². The molecule has 0 spiro atoms. The van der Waals surface area contributed by atoms with E-state index < -0.39 is 0 Å². The topological polar surface area (TPSA) is 67.0 Å². The first-order valence-electron chi connectivity index (χ1n) is 6.25. The van der Waals surface area contributed by atoms with Crippen LogP contribution in [0.2, 0.25) is 0 Å². The standard InChI is InChI=1S/C14H15N3O2/c1-9-7-15-13(16-9)14(18)17-11-6-10-4-2-3-5-12(10)19-8-11/h2-5,7,11H,6,8H2,1H3,(H,15,16)(H,17,18). The maximum atomic E-state index is 12.0. The molecule has 0 radical (unpaired) electrons. The zero-order valence-corrected chi connectivity index (χ0v) is 10.6. The van der Waals surface area contributed by atoms with Gasteiger partial charge < -0.3 is 15.0 Å². The van der Waals surface area contributed by atoms with Crippen LogP contribution in [0.5, 0.6) is 5.75 Å². The zero-order valence-electron chi connectivity index (χ0n) is 10.6. The van der Waals surface area contributed by atoms with Crippen LogP contribution in [0.3, 0.4) is 0 Å². The van der Waals surface area contributed by atoms with Gasteiger partial charge in [0.2, 0.25) is 0 Å². The smallest absolute Gasteiger partial charge is 0.287 e. The Morgan fingerprint density at radius 1 is 1.47 bits per heavy atom. The quantitative estimate of drug-likeness (QED) is 0.855. The van der Waals surface area contributed by atoms with E-state index in [9.17, 15) is 4.79 Å². The first-order chi connectivity index (χ1) is 9.22. The molecule has 5 nitrogen and oxygen atoms in total. The lowest BCUT2D eigenvalue weighted by atomic mass is 10.0. The molecule has 0 aliphatic carbocycles. The summed E-state index contributed by atoms with van der Waals surface area (Å²) < 4.78 is 5.63. The molecule has 1 aliphatic rings. The summed E-state index contributed by atoms with van der Waals surface area (Å²) in [6.07, 6.45) is 2.42. The number of aromatic nitrogens is 2. The Balaban J connectivity index is 1.68. The fraction of sp³-hybridized carbons (Fsp3) is 0.286. The number of carbonyl (C=O) groups is 1. The third kappa shape index (κ3) is 2.45. The number of para-hydroxylation sites is 1. The van der Waals surface area contributed by atoms with Gasteiger partial charge in [-0.25, -0.2) is 4.98 Å². The average Bonchev–Trinajstić information content (AvgIpc) is 2.85. The predicted octanol–water partition coefficient (Wildman–Crippen LogP) is 1.45. The second-order valence-corrected chi connectivity index (χ2v) is 4.71. The van der Waals surface area contributed by atoms with Gasteiger partial charge in [0.1, 0.15) is 12.4 Å².